The van der Waals surface area contributed by atoms with Crippen LogP contribution in [0.4, 0.5) is 0 Å². The molecule has 0 radical (unpaired) electrons. The molecule has 4 aliphatic carbocycles. The molecule has 0 heterocycles. The highest BCUT2D eigenvalue weighted by Gasteiger charge is 2.60. The van der Waals surface area contributed by atoms with Crippen molar-refractivity contribution >= 4 is 5.97 Å². The number of aliphatic hydroxyl groups excluding tert-OH is 1. The molecule has 0 aromatic carbocycles. The molecule has 0 saturated heterocycles. The van der Waals surface area contributed by atoms with E-state index in [1.54, 1.807) is 0 Å². The first kappa shape index (κ1) is 20.7. The molecule has 4 saturated carbocycles. The van der Waals surface area contributed by atoms with Gasteiger partial charge in [-0.15, -0.1) is 0 Å². The van der Waals surface area contributed by atoms with Gasteiger partial charge in [-0.2, -0.15) is 0 Å². The number of hydrogen-bond acceptors (Lipinski definition) is 3. The van der Waals surface area contributed by atoms with Crippen molar-refractivity contribution in [1.82, 2.24) is 0 Å². The Labute approximate surface area is 172 Å². The van der Waals surface area contributed by atoms with Crippen LogP contribution in [-0.4, -0.2) is 24.3 Å². The highest BCUT2D eigenvalue weighted by atomic mass is 16.5. The Bertz CT molecular complexity index is 588. The Balaban J connectivity index is 1.48. The number of aliphatic hydroxyl groups is 1. The van der Waals surface area contributed by atoms with Gasteiger partial charge in [-0.05, 0) is 111 Å². The zero-order chi connectivity index (χ0) is 20.1. The summed E-state index contributed by atoms with van der Waals surface area (Å²) >= 11 is 0. The quantitative estimate of drug-likeness (QED) is 0.636. The van der Waals surface area contributed by atoms with Crippen LogP contribution in [0.5, 0.6) is 0 Å². The van der Waals surface area contributed by atoms with Gasteiger partial charge in [0.25, 0.3) is 0 Å². The number of esters is 1. The molecule has 3 unspecified atom stereocenters. The smallest absolute Gasteiger partial charge is 0.305 e. The molecule has 0 amide bonds. The van der Waals surface area contributed by atoms with E-state index in [0.29, 0.717) is 23.2 Å². The molecule has 3 heteroatoms. The molecular weight excluding hydrogens is 348 g/mol. The molecule has 4 fully saturated rings. The molecule has 0 aliphatic heterocycles. The van der Waals surface area contributed by atoms with E-state index in [1.165, 1.54) is 52.1 Å². The largest absolute Gasteiger partial charge is 0.469 e. The Morgan fingerprint density at radius 1 is 1.04 bits per heavy atom. The van der Waals surface area contributed by atoms with Crippen LogP contribution < -0.4 is 0 Å². The van der Waals surface area contributed by atoms with Gasteiger partial charge in [0.05, 0.1) is 13.2 Å². The van der Waals surface area contributed by atoms with E-state index in [-0.39, 0.29) is 12.1 Å². The molecule has 1 N–H and O–H groups in total. The molecular formula is C25H42O3. The van der Waals surface area contributed by atoms with E-state index < -0.39 is 0 Å². The predicted molar refractivity (Wildman–Crippen MR) is 112 cm³/mol. The third kappa shape index (κ3) is 3.24. The predicted octanol–water partition coefficient (Wildman–Crippen LogP) is 5.60. The molecule has 0 aromatic rings. The van der Waals surface area contributed by atoms with Crippen molar-refractivity contribution in [2.45, 2.75) is 97.5 Å². The maximum absolute atomic E-state index is 11.6. The molecule has 160 valence electrons. The lowest BCUT2D eigenvalue weighted by Gasteiger charge is -2.61. The Morgan fingerprint density at radius 2 is 1.75 bits per heavy atom. The van der Waals surface area contributed by atoms with Crippen LogP contribution in [-0.2, 0) is 9.53 Å². The van der Waals surface area contributed by atoms with E-state index in [0.717, 1.165) is 48.9 Å². The Hall–Kier alpha value is -0.570. The highest BCUT2D eigenvalue weighted by molar-refractivity contribution is 5.69. The van der Waals surface area contributed by atoms with Gasteiger partial charge in [0, 0.05) is 6.42 Å². The maximum Gasteiger partial charge on any atom is 0.305 e. The first-order chi connectivity index (χ1) is 13.3. The van der Waals surface area contributed by atoms with Crippen LogP contribution in [0.3, 0.4) is 0 Å². The normalized spacial score (nSPS) is 48.9. The summed E-state index contributed by atoms with van der Waals surface area (Å²) in [6, 6.07) is 0. The van der Waals surface area contributed by atoms with Crippen LogP contribution in [0.15, 0.2) is 0 Å². The van der Waals surface area contributed by atoms with Gasteiger partial charge < -0.3 is 9.84 Å². The van der Waals surface area contributed by atoms with Gasteiger partial charge in [-0.25, -0.2) is 0 Å². The molecule has 9 atom stereocenters. The average molecular weight is 391 g/mol. The summed E-state index contributed by atoms with van der Waals surface area (Å²) in [5.74, 6) is 4.72. The van der Waals surface area contributed by atoms with E-state index in [1.807, 2.05) is 0 Å². The van der Waals surface area contributed by atoms with Crippen LogP contribution in [0.2, 0.25) is 0 Å². The minimum atomic E-state index is -0.0546. The molecule has 0 bridgehead atoms. The summed E-state index contributed by atoms with van der Waals surface area (Å²) in [6.07, 6.45) is 13.1. The SMILES string of the molecule is COC(=O)CC[C@@H](C)[C@H]1CCC2C3CC[C@H]4C[C@@H](O)CC[C@]4(C)C3CC[C@@]21C. The molecule has 4 aliphatic rings. The topological polar surface area (TPSA) is 46.5 Å². The first-order valence-corrected chi connectivity index (χ1v) is 12.0. The Morgan fingerprint density at radius 3 is 2.50 bits per heavy atom. The minimum Gasteiger partial charge on any atom is -0.469 e. The summed E-state index contributed by atoms with van der Waals surface area (Å²) in [5.41, 5.74) is 0.937. The maximum atomic E-state index is 11.6. The zero-order valence-corrected chi connectivity index (χ0v) is 18.6. The number of hydrogen-bond donors (Lipinski definition) is 1. The number of ether oxygens (including phenoxy) is 1. The molecule has 0 spiro atoms. The summed E-state index contributed by atoms with van der Waals surface area (Å²) < 4.78 is 4.88. The number of methoxy groups -OCH3 is 1. The lowest BCUT2D eigenvalue weighted by molar-refractivity contribution is -0.141. The van der Waals surface area contributed by atoms with E-state index >= 15 is 0 Å². The second-order valence-corrected chi connectivity index (χ2v) is 11.4. The van der Waals surface area contributed by atoms with Crippen molar-refractivity contribution < 1.29 is 14.6 Å². The van der Waals surface area contributed by atoms with Crippen LogP contribution in [0.25, 0.3) is 0 Å². The Kier molecular flexibility index (Phi) is 5.61. The van der Waals surface area contributed by atoms with Gasteiger partial charge in [-0.3, -0.25) is 4.79 Å². The third-order valence-electron chi connectivity index (χ3n) is 10.4. The van der Waals surface area contributed by atoms with Gasteiger partial charge in [-0.1, -0.05) is 20.8 Å². The fraction of sp³-hybridized carbons (Fsp3) is 0.960. The van der Waals surface area contributed by atoms with Gasteiger partial charge in [0.15, 0.2) is 0 Å². The van der Waals surface area contributed by atoms with Crippen LogP contribution >= 0.6 is 0 Å². The van der Waals surface area contributed by atoms with E-state index in [9.17, 15) is 9.90 Å². The third-order valence-corrected chi connectivity index (χ3v) is 10.4. The molecule has 28 heavy (non-hydrogen) atoms. The fourth-order valence-corrected chi connectivity index (χ4v) is 8.86. The lowest BCUT2D eigenvalue weighted by Crippen LogP contribution is -2.54. The monoisotopic (exact) mass is 390 g/mol. The first-order valence-electron chi connectivity index (χ1n) is 12.0. The molecule has 4 rings (SSSR count). The minimum absolute atomic E-state index is 0.0463. The number of carbonyl (C=O) groups excluding carboxylic acids is 1. The van der Waals surface area contributed by atoms with Crippen molar-refractivity contribution in [3.63, 3.8) is 0 Å². The highest BCUT2D eigenvalue weighted by Crippen LogP contribution is 2.68. The summed E-state index contributed by atoms with van der Waals surface area (Å²) in [5, 5.41) is 10.2. The number of fused-ring (bicyclic) bond motifs is 5. The lowest BCUT2D eigenvalue weighted by atomic mass is 9.44. The molecule has 0 aromatic heterocycles. The second kappa shape index (κ2) is 7.60. The van der Waals surface area contributed by atoms with Gasteiger partial charge in [0.1, 0.15) is 0 Å². The average Bonchev–Trinajstić information content (AvgIpc) is 3.03. The number of carbonyl (C=O) groups is 1. The van der Waals surface area contributed by atoms with Crippen molar-refractivity contribution in [3.8, 4) is 0 Å². The summed E-state index contributed by atoms with van der Waals surface area (Å²) in [6.45, 7) is 7.56. The van der Waals surface area contributed by atoms with Crippen molar-refractivity contribution in [2.24, 2.45) is 46.3 Å². The summed E-state index contributed by atoms with van der Waals surface area (Å²) in [4.78, 5) is 11.6. The number of rotatable bonds is 4. The van der Waals surface area contributed by atoms with E-state index in [2.05, 4.69) is 20.8 Å². The standard InChI is InChI=1S/C25H42O3/c1-16(5-10-23(27)28-4)20-8-9-21-19-7-6-17-15-18(26)11-13-24(17,2)22(19)12-14-25(20,21)3/h16-22,26H,5-15H2,1-4H3/t16-,17+,18+,19?,20-,21?,22?,24+,25-/m1/s1. The van der Waals surface area contributed by atoms with Crippen LogP contribution in [0.1, 0.15) is 91.4 Å². The molecule has 3 nitrogen and oxygen atoms in total. The van der Waals surface area contributed by atoms with E-state index in [4.69, 9.17) is 4.74 Å². The van der Waals surface area contributed by atoms with Gasteiger partial charge >= 0.3 is 5.97 Å². The second-order valence-electron chi connectivity index (χ2n) is 11.4. The van der Waals surface area contributed by atoms with Crippen molar-refractivity contribution in [3.05, 3.63) is 0 Å². The van der Waals surface area contributed by atoms with Crippen LogP contribution in [0, 0.1) is 46.3 Å². The summed E-state index contributed by atoms with van der Waals surface area (Å²) in [7, 11) is 1.50. The zero-order valence-electron chi connectivity index (χ0n) is 18.6. The van der Waals surface area contributed by atoms with Crippen molar-refractivity contribution in [2.75, 3.05) is 7.11 Å². The van der Waals surface area contributed by atoms with Gasteiger partial charge in [0.2, 0.25) is 0 Å². The van der Waals surface area contributed by atoms with Crippen molar-refractivity contribution in [1.29, 1.82) is 0 Å². The fourth-order valence-electron chi connectivity index (χ4n) is 8.86.